The van der Waals surface area contributed by atoms with Gasteiger partial charge in [0.25, 0.3) is 0 Å². The molecule has 0 spiro atoms. The first kappa shape index (κ1) is 13.6. The van der Waals surface area contributed by atoms with Crippen molar-refractivity contribution in [3.8, 4) is 0 Å². The lowest BCUT2D eigenvalue weighted by molar-refractivity contribution is 0.576. The summed E-state index contributed by atoms with van der Waals surface area (Å²) >= 11 is 0. The van der Waals surface area contributed by atoms with E-state index in [1.807, 2.05) is 24.1 Å². The van der Waals surface area contributed by atoms with Crippen LogP contribution in [0.25, 0.3) is 11.0 Å². The fraction of sp³-hybridized carbons (Fsp3) is 0.263. The van der Waals surface area contributed by atoms with Crippen LogP contribution >= 0.6 is 0 Å². The zero-order chi connectivity index (χ0) is 16.3. The number of benzene rings is 1. The Balaban J connectivity index is 1.58. The number of fused-ring (bicyclic) bond motifs is 2. The molecule has 3 heterocycles. The Bertz CT molecular complexity index is 953. The van der Waals surface area contributed by atoms with Crippen LogP contribution in [0.2, 0.25) is 0 Å². The van der Waals surface area contributed by atoms with Crippen LogP contribution in [0.1, 0.15) is 12.8 Å². The summed E-state index contributed by atoms with van der Waals surface area (Å²) in [5.74, 6) is 1.72. The third-order valence-corrected chi connectivity index (χ3v) is 4.98. The highest BCUT2D eigenvalue weighted by Crippen LogP contribution is 2.44. The van der Waals surface area contributed by atoms with Gasteiger partial charge in [0.2, 0.25) is 0 Å². The average molecular weight is 317 g/mol. The Hall–Kier alpha value is -2.82. The topological polar surface area (TPSA) is 37.2 Å². The van der Waals surface area contributed by atoms with Crippen molar-refractivity contribution in [1.82, 2.24) is 14.8 Å². The first-order valence-electron chi connectivity index (χ1n) is 8.36. The van der Waals surface area contributed by atoms with E-state index in [0.29, 0.717) is 0 Å². The maximum atomic E-state index is 4.70. The monoisotopic (exact) mass is 317 g/mol. The maximum Gasteiger partial charge on any atom is 0.157 e. The molecule has 2 aliphatic rings. The van der Waals surface area contributed by atoms with E-state index in [4.69, 9.17) is 4.98 Å². The minimum absolute atomic E-state index is 0.786. The minimum atomic E-state index is 0.786. The number of pyridine rings is 1. The Morgan fingerprint density at radius 3 is 2.75 bits per heavy atom. The van der Waals surface area contributed by atoms with Crippen molar-refractivity contribution in [3.63, 3.8) is 0 Å². The molecule has 0 radical (unpaired) electrons. The second kappa shape index (κ2) is 4.84. The quantitative estimate of drug-likeness (QED) is 0.734. The first-order chi connectivity index (χ1) is 11.7. The second-order valence-electron chi connectivity index (χ2n) is 6.68. The van der Waals surface area contributed by atoms with Gasteiger partial charge in [0.15, 0.2) is 5.65 Å². The molecule has 1 saturated carbocycles. The SMILES string of the molecule is C=C1N(C)c2ccccc2N1c1cnc2c(cnn2CC2CC2)c1. The van der Waals surface area contributed by atoms with Crippen LogP contribution in [0.3, 0.4) is 0 Å². The molecule has 1 fully saturated rings. The summed E-state index contributed by atoms with van der Waals surface area (Å²) in [6.07, 6.45) is 6.48. The number of para-hydroxylation sites is 2. The van der Waals surface area contributed by atoms with Crippen molar-refractivity contribution < 1.29 is 0 Å². The molecule has 0 bridgehead atoms. The largest absolute Gasteiger partial charge is 0.329 e. The van der Waals surface area contributed by atoms with Crippen LogP contribution in [-0.2, 0) is 6.54 Å². The zero-order valence-corrected chi connectivity index (χ0v) is 13.7. The van der Waals surface area contributed by atoms with Crippen molar-refractivity contribution in [1.29, 1.82) is 0 Å². The number of aromatic nitrogens is 3. The van der Waals surface area contributed by atoms with Crippen molar-refractivity contribution in [2.75, 3.05) is 16.8 Å². The van der Waals surface area contributed by atoms with Crippen molar-refractivity contribution in [3.05, 3.63) is 55.1 Å². The fourth-order valence-corrected chi connectivity index (χ4v) is 3.41. The fourth-order valence-electron chi connectivity index (χ4n) is 3.41. The van der Waals surface area contributed by atoms with E-state index in [1.54, 1.807) is 0 Å². The van der Waals surface area contributed by atoms with Gasteiger partial charge >= 0.3 is 0 Å². The van der Waals surface area contributed by atoms with Gasteiger partial charge in [-0.25, -0.2) is 9.67 Å². The first-order valence-corrected chi connectivity index (χ1v) is 8.36. The lowest BCUT2D eigenvalue weighted by Crippen LogP contribution is -2.20. The Labute approximate surface area is 140 Å². The smallest absolute Gasteiger partial charge is 0.157 e. The minimum Gasteiger partial charge on any atom is -0.329 e. The van der Waals surface area contributed by atoms with Crippen molar-refractivity contribution >= 4 is 28.1 Å². The molecule has 3 aromatic rings. The maximum absolute atomic E-state index is 4.70. The van der Waals surface area contributed by atoms with E-state index in [2.05, 4.69) is 51.8 Å². The van der Waals surface area contributed by atoms with Crippen molar-refractivity contribution in [2.24, 2.45) is 5.92 Å². The molecule has 0 saturated heterocycles. The molecule has 2 aromatic heterocycles. The van der Waals surface area contributed by atoms with Crippen LogP contribution in [-0.4, -0.2) is 21.8 Å². The van der Waals surface area contributed by atoms with E-state index in [0.717, 1.165) is 46.4 Å². The van der Waals surface area contributed by atoms with Gasteiger partial charge in [-0.3, -0.25) is 4.90 Å². The highest BCUT2D eigenvalue weighted by Gasteiger charge is 2.29. The summed E-state index contributed by atoms with van der Waals surface area (Å²) in [7, 11) is 2.04. The Kier molecular flexibility index (Phi) is 2.74. The predicted octanol–water partition coefficient (Wildman–Crippen LogP) is 3.90. The standard InChI is InChI=1S/C19H19N5/c1-13-22(2)17-5-3-4-6-18(17)24(13)16-9-15-10-21-23(12-14-7-8-14)19(15)20-11-16/h3-6,9-11,14H,1,7-8,12H2,2H3. The molecular weight excluding hydrogens is 298 g/mol. The van der Waals surface area contributed by atoms with Gasteiger partial charge in [-0.05, 0) is 37.0 Å². The van der Waals surface area contributed by atoms with Crippen molar-refractivity contribution in [2.45, 2.75) is 19.4 Å². The zero-order valence-electron chi connectivity index (χ0n) is 13.7. The van der Waals surface area contributed by atoms with Gasteiger partial charge in [-0.15, -0.1) is 0 Å². The van der Waals surface area contributed by atoms with E-state index >= 15 is 0 Å². The molecule has 1 aliphatic carbocycles. The molecule has 5 rings (SSSR count). The molecule has 0 atom stereocenters. The van der Waals surface area contributed by atoms with Gasteiger partial charge in [0.1, 0.15) is 5.82 Å². The van der Waals surface area contributed by atoms with Crippen LogP contribution in [0, 0.1) is 5.92 Å². The summed E-state index contributed by atoms with van der Waals surface area (Å²) in [5, 5.41) is 5.60. The van der Waals surface area contributed by atoms with E-state index in [1.165, 1.54) is 12.8 Å². The summed E-state index contributed by atoms with van der Waals surface area (Å²) in [4.78, 5) is 8.96. The molecule has 24 heavy (non-hydrogen) atoms. The van der Waals surface area contributed by atoms with Gasteiger partial charge in [0.05, 0.1) is 29.5 Å². The predicted molar refractivity (Wildman–Crippen MR) is 96.4 cm³/mol. The van der Waals surface area contributed by atoms with Gasteiger partial charge in [-0.2, -0.15) is 5.10 Å². The Morgan fingerprint density at radius 2 is 1.96 bits per heavy atom. The normalized spacial score (nSPS) is 17.0. The molecule has 120 valence electrons. The molecule has 0 unspecified atom stereocenters. The van der Waals surface area contributed by atoms with E-state index < -0.39 is 0 Å². The summed E-state index contributed by atoms with van der Waals surface area (Å²) in [6, 6.07) is 10.5. The van der Waals surface area contributed by atoms with Crippen LogP contribution in [0.15, 0.2) is 55.1 Å². The molecule has 0 N–H and O–H groups in total. The highest BCUT2D eigenvalue weighted by atomic mass is 15.4. The number of rotatable bonds is 3. The van der Waals surface area contributed by atoms with E-state index in [-0.39, 0.29) is 0 Å². The third-order valence-electron chi connectivity index (χ3n) is 4.98. The molecule has 1 aliphatic heterocycles. The van der Waals surface area contributed by atoms with Crippen LogP contribution < -0.4 is 9.80 Å². The summed E-state index contributed by atoms with van der Waals surface area (Å²) < 4.78 is 2.04. The number of nitrogens with zero attached hydrogens (tertiary/aromatic N) is 5. The lowest BCUT2D eigenvalue weighted by Gasteiger charge is -2.21. The van der Waals surface area contributed by atoms with Gasteiger partial charge < -0.3 is 4.90 Å². The number of anilines is 3. The molecule has 1 aromatic carbocycles. The lowest BCUT2D eigenvalue weighted by atomic mass is 10.2. The highest BCUT2D eigenvalue weighted by molar-refractivity contribution is 5.90. The summed E-state index contributed by atoms with van der Waals surface area (Å²) in [6.45, 7) is 5.23. The third kappa shape index (κ3) is 1.94. The second-order valence-corrected chi connectivity index (χ2v) is 6.68. The number of hydrogen-bond donors (Lipinski definition) is 0. The Morgan fingerprint density at radius 1 is 1.17 bits per heavy atom. The number of hydrogen-bond acceptors (Lipinski definition) is 4. The van der Waals surface area contributed by atoms with Crippen LogP contribution in [0.5, 0.6) is 0 Å². The molecule has 5 heteroatoms. The molecule has 5 nitrogen and oxygen atoms in total. The van der Waals surface area contributed by atoms with Crippen LogP contribution in [0.4, 0.5) is 17.1 Å². The van der Waals surface area contributed by atoms with Gasteiger partial charge in [-0.1, -0.05) is 18.7 Å². The average Bonchev–Trinajstić information content (AvgIpc) is 3.28. The van der Waals surface area contributed by atoms with E-state index in [9.17, 15) is 0 Å². The molecular formula is C19H19N5. The summed E-state index contributed by atoms with van der Waals surface area (Å²) in [5.41, 5.74) is 4.29. The molecule has 0 amide bonds. The van der Waals surface area contributed by atoms with Gasteiger partial charge in [0, 0.05) is 19.0 Å².